The second-order valence-electron chi connectivity index (χ2n) is 7.02. The zero-order valence-corrected chi connectivity index (χ0v) is 17.7. The van der Waals surface area contributed by atoms with Gasteiger partial charge in [-0.05, 0) is 20.8 Å². The van der Waals surface area contributed by atoms with Gasteiger partial charge in [0.05, 0.1) is 23.7 Å². The number of hydrogen-bond donors (Lipinski definition) is 2. The molecule has 0 bridgehead atoms. The second kappa shape index (κ2) is 9.30. The fourth-order valence-corrected chi connectivity index (χ4v) is 4.07. The van der Waals surface area contributed by atoms with Gasteiger partial charge in [-0.1, -0.05) is 0 Å². The predicted octanol–water partition coefficient (Wildman–Crippen LogP) is -4.27. The van der Waals surface area contributed by atoms with Gasteiger partial charge in [-0.3, -0.25) is 18.9 Å². The number of carbonyl (C=O) groups excluding carboxylic acids is 3. The Morgan fingerprint density at radius 1 is 1.03 bits per heavy atom. The van der Waals surface area contributed by atoms with Crippen LogP contribution in [0.2, 0.25) is 0 Å². The molecule has 2 rings (SSSR count). The summed E-state index contributed by atoms with van der Waals surface area (Å²) in [6.45, 7) is 4.94. The number of quaternary nitrogens is 1. The summed E-state index contributed by atoms with van der Waals surface area (Å²) in [4.78, 5) is 58.5. The maximum absolute atomic E-state index is 12.4. The highest BCUT2D eigenvalue weighted by molar-refractivity contribution is 7.98. The van der Waals surface area contributed by atoms with Crippen molar-refractivity contribution in [1.29, 1.82) is 0 Å². The molecular weight excluding hydrogens is 416 g/mol. The Balaban J connectivity index is 2.06. The molecule has 11 nitrogen and oxygen atoms in total. The molecule has 0 aromatic carbocycles. The fourth-order valence-electron chi connectivity index (χ4n) is 2.96. The van der Waals surface area contributed by atoms with Gasteiger partial charge in [0.25, 0.3) is 11.1 Å². The topological polar surface area (TPSA) is 180 Å². The van der Waals surface area contributed by atoms with Crippen LogP contribution in [0, 0.1) is 20.8 Å². The number of aryl methyl sites for hydroxylation is 1. The van der Waals surface area contributed by atoms with Gasteiger partial charge in [0.2, 0.25) is 5.91 Å². The first-order chi connectivity index (χ1) is 14.0. The molecule has 0 spiro atoms. The molecule has 0 aliphatic rings. The number of nitrogens with one attached hydrogen (secondary N) is 1. The third-order valence-corrected chi connectivity index (χ3v) is 6.02. The smallest absolute Gasteiger partial charge is 0.277 e. The van der Waals surface area contributed by atoms with Gasteiger partial charge >= 0.3 is 0 Å². The monoisotopic (exact) mass is 439 g/mol. The van der Waals surface area contributed by atoms with Crippen molar-refractivity contribution in [2.24, 2.45) is 0 Å². The van der Waals surface area contributed by atoms with E-state index in [4.69, 9.17) is 0 Å². The Morgan fingerprint density at radius 3 is 2.20 bits per heavy atom. The highest BCUT2D eigenvalue weighted by Gasteiger charge is 2.21. The molecule has 2 heterocycles. The number of thioether (sulfide) groups is 1. The summed E-state index contributed by atoms with van der Waals surface area (Å²) in [6, 6.07) is -2.38. The number of carbonyl (C=O) groups is 3. The van der Waals surface area contributed by atoms with Crippen molar-refractivity contribution < 1.29 is 30.3 Å². The van der Waals surface area contributed by atoms with Gasteiger partial charge in [-0.2, -0.15) is 16.3 Å². The Hall–Kier alpha value is -2.86. The zero-order valence-electron chi connectivity index (χ0n) is 16.9. The van der Waals surface area contributed by atoms with Gasteiger partial charge < -0.3 is 30.9 Å². The molecular formula is C18H23N4O7S-. The summed E-state index contributed by atoms with van der Waals surface area (Å²) in [5.74, 6) is -3.33. The number of hydrogen-bond acceptors (Lipinski definition) is 8. The molecule has 0 aliphatic heterocycles. The average Bonchev–Trinajstić information content (AvgIpc) is 3.06. The van der Waals surface area contributed by atoms with Crippen LogP contribution >= 0.6 is 11.8 Å². The molecule has 0 fully saturated rings. The normalized spacial score (nSPS) is 13.3. The molecule has 2 atom stereocenters. The standard InChI is InChI=1S/C18H24N4O7S/c1-8-10(3)21-13(9(2)16(25)22(21)15(8)24)7-30-6-12(18(28)29)20-14(23)5-4-11(19)17(26)27/h11-12H,4-7,19H2,1-3H3,(H,20,23)(H,26,27)(H,28,29)/p-1/t11-,12-/m0/s1. The summed E-state index contributed by atoms with van der Waals surface area (Å²) in [7, 11) is 0. The van der Waals surface area contributed by atoms with E-state index in [0.717, 1.165) is 16.3 Å². The summed E-state index contributed by atoms with van der Waals surface area (Å²) in [5.41, 5.74) is 4.56. The number of nitrogens with zero attached hydrogens (tertiary/aromatic N) is 2. The van der Waals surface area contributed by atoms with Crippen molar-refractivity contribution >= 4 is 29.6 Å². The van der Waals surface area contributed by atoms with Gasteiger partial charge in [0, 0.05) is 41.2 Å². The van der Waals surface area contributed by atoms with E-state index < -0.39 is 41.0 Å². The number of amides is 1. The summed E-state index contributed by atoms with van der Waals surface area (Å²) < 4.78 is 2.59. The molecule has 0 saturated heterocycles. The number of fused-ring (bicyclic) bond motifs is 1. The zero-order chi connectivity index (χ0) is 22.7. The third-order valence-electron chi connectivity index (χ3n) is 4.97. The Bertz CT molecular complexity index is 1090. The van der Waals surface area contributed by atoms with Crippen molar-refractivity contribution in [3.63, 3.8) is 0 Å². The predicted molar refractivity (Wildman–Crippen MR) is 103 cm³/mol. The highest BCUT2D eigenvalue weighted by Crippen LogP contribution is 2.17. The largest absolute Gasteiger partial charge is 0.548 e. The number of carboxylic acid groups (broad SMARTS) is 2. The number of carboxylic acids is 2. The van der Waals surface area contributed by atoms with E-state index in [1.54, 1.807) is 20.8 Å². The van der Waals surface area contributed by atoms with Gasteiger partial charge in [0.15, 0.2) is 0 Å². The Morgan fingerprint density at radius 2 is 1.63 bits per heavy atom. The first-order valence-corrected chi connectivity index (χ1v) is 10.3. The molecule has 2 aromatic heterocycles. The SMILES string of the molecule is Cc1c(C)n2c(CSC[C@H](NC(=O)CC[C@H]([NH3+])C(=O)[O-])C(=O)[O-])c(C)c(=O)n2c1=O. The maximum Gasteiger partial charge on any atom is 0.277 e. The second-order valence-corrected chi connectivity index (χ2v) is 8.06. The van der Waals surface area contributed by atoms with Crippen molar-refractivity contribution in [3.8, 4) is 0 Å². The van der Waals surface area contributed by atoms with Crippen LogP contribution in [0.25, 0.3) is 0 Å². The van der Waals surface area contributed by atoms with Crippen molar-refractivity contribution in [2.75, 3.05) is 5.75 Å². The molecule has 0 unspecified atom stereocenters. The average molecular weight is 439 g/mol. The van der Waals surface area contributed by atoms with Gasteiger partial charge in [0.1, 0.15) is 6.04 Å². The van der Waals surface area contributed by atoms with E-state index in [1.807, 2.05) is 0 Å². The van der Waals surface area contributed by atoms with Gasteiger partial charge in [-0.15, -0.1) is 0 Å². The van der Waals surface area contributed by atoms with E-state index in [-0.39, 0.29) is 24.3 Å². The molecule has 0 aliphatic carbocycles. The van der Waals surface area contributed by atoms with E-state index in [9.17, 15) is 34.2 Å². The molecule has 1 amide bonds. The van der Waals surface area contributed by atoms with Crippen LogP contribution in [0.5, 0.6) is 0 Å². The van der Waals surface area contributed by atoms with E-state index in [0.29, 0.717) is 22.5 Å². The molecule has 4 N–H and O–H groups in total. The van der Waals surface area contributed by atoms with Crippen molar-refractivity contribution in [2.45, 2.75) is 51.4 Å². The molecule has 30 heavy (non-hydrogen) atoms. The molecule has 2 aromatic rings. The molecule has 0 radical (unpaired) electrons. The van der Waals surface area contributed by atoms with Crippen LogP contribution in [0.15, 0.2) is 9.59 Å². The lowest BCUT2D eigenvalue weighted by Gasteiger charge is -2.20. The van der Waals surface area contributed by atoms with E-state index >= 15 is 0 Å². The minimum atomic E-state index is -1.49. The first-order valence-electron chi connectivity index (χ1n) is 9.15. The van der Waals surface area contributed by atoms with Crippen LogP contribution in [0.1, 0.15) is 35.4 Å². The van der Waals surface area contributed by atoms with E-state index in [1.165, 1.54) is 4.52 Å². The minimum absolute atomic E-state index is 0.0448. The number of aromatic nitrogens is 2. The van der Waals surface area contributed by atoms with Crippen molar-refractivity contribution in [3.05, 3.63) is 43.2 Å². The van der Waals surface area contributed by atoms with Crippen LogP contribution in [0.3, 0.4) is 0 Å². The lowest BCUT2D eigenvalue weighted by atomic mass is 10.1. The number of aliphatic carboxylic acids is 2. The van der Waals surface area contributed by atoms with Crippen LogP contribution in [-0.4, -0.2) is 44.7 Å². The first kappa shape index (κ1) is 23.4. The lowest BCUT2D eigenvalue weighted by Crippen LogP contribution is -2.68. The molecule has 164 valence electrons. The summed E-state index contributed by atoms with van der Waals surface area (Å²) in [5, 5.41) is 24.3. The molecule has 0 saturated carbocycles. The van der Waals surface area contributed by atoms with Crippen LogP contribution in [0.4, 0.5) is 0 Å². The summed E-state index contributed by atoms with van der Waals surface area (Å²) >= 11 is 1.15. The minimum Gasteiger partial charge on any atom is -0.548 e. The van der Waals surface area contributed by atoms with Crippen LogP contribution < -0.4 is 32.4 Å². The maximum atomic E-state index is 12.4. The quantitative estimate of drug-likeness (QED) is 0.373. The Labute approximate surface area is 175 Å². The highest BCUT2D eigenvalue weighted by atomic mass is 32.2. The Kier molecular flexibility index (Phi) is 7.26. The van der Waals surface area contributed by atoms with E-state index in [2.05, 4.69) is 11.1 Å². The van der Waals surface area contributed by atoms with Gasteiger partial charge in [-0.25, -0.2) is 0 Å². The third kappa shape index (κ3) is 4.65. The summed E-state index contributed by atoms with van der Waals surface area (Å²) in [6.07, 6.45) is -0.303. The number of rotatable bonds is 10. The fraction of sp³-hybridized carbons (Fsp3) is 0.500. The van der Waals surface area contributed by atoms with Crippen LogP contribution in [-0.2, 0) is 20.1 Å². The lowest BCUT2D eigenvalue weighted by molar-refractivity contribution is -0.438. The molecule has 12 heteroatoms. The van der Waals surface area contributed by atoms with Crippen molar-refractivity contribution in [1.82, 2.24) is 14.3 Å².